The zero-order chi connectivity index (χ0) is 26.8. The highest BCUT2D eigenvalue weighted by Crippen LogP contribution is 2.27. The minimum Gasteiger partial charge on any atom is -0.384 e. The number of carbonyl (C=O) groups is 1. The molecule has 198 valence electrons. The molecule has 3 aromatic heterocycles. The van der Waals surface area contributed by atoms with Crippen molar-refractivity contribution >= 4 is 22.6 Å². The molecule has 4 aromatic rings. The monoisotopic (exact) mass is 513 g/mol. The molecule has 38 heavy (non-hydrogen) atoms. The normalized spacial score (nSPS) is 13.4. The van der Waals surface area contributed by atoms with Gasteiger partial charge in [-0.25, -0.2) is 4.98 Å². The lowest BCUT2D eigenvalue weighted by Crippen LogP contribution is -2.21. The first-order valence-corrected chi connectivity index (χ1v) is 13.2. The van der Waals surface area contributed by atoms with Gasteiger partial charge in [0.1, 0.15) is 5.65 Å². The fourth-order valence-corrected chi connectivity index (χ4v) is 5.27. The zero-order valence-electron chi connectivity index (χ0n) is 22.5. The molecule has 1 unspecified atom stereocenters. The second-order valence-corrected chi connectivity index (χ2v) is 10.1. The number of fused-ring (bicyclic) bond motifs is 2. The molecule has 1 aliphatic rings. The second-order valence-electron chi connectivity index (χ2n) is 10.1. The lowest BCUT2D eigenvalue weighted by Gasteiger charge is -2.17. The van der Waals surface area contributed by atoms with Crippen molar-refractivity contribution in [1.29, 1.82) is 0 Å². The van der Waals surface area contributed by atoms with E-state index in [-0.39, 0.29) is 11.5 Å². The average molecular weight is 514 g/mol. The first-order chi connectivity index (χ1) is 18.4. The summed E-state index contributed by atoms with van der Waals surface area (Å²) >= 11 is 0. The number of nitrogens with one attached hydrogen (secondary N) is 1. The van der Waals surface area contributed by atoms with Crippen molar-refractivity contribution in [2.24, 2.45) is 7.05 Å². The van der Waals surface area contributed by atoms with Gasteiger partial charge in [-0.05, 0) is 61.1 Å². The van der Waals surface area contributed by atoms with Crippen molar-refractivity contribution in [2.75, 3.05) is 32.6 Å². The summed E-state index contributed by atoms with van der Waals surface area (Å²) in [6, 6.07) is 13.9. The van der Waals surface area contributed by atoms with Crippen LogP contribution in [0.2, 0.25) is 0 Å². The summed E-state index contributed by atoms with van der Waals surface area (Å²) in [5.74, 6) is 0.374. The Kier molecular flexibility index (Phi) is 7.33. The molecule has 0 aliphatic carbocycles. The number of aryl methyl sites for hydroxylation is 1. The Morgan fingerprint density at radius 1 is 1.18 bits per heavy atom. The summed E-state index contributed by atoms with van der Waals surface area (Å²) in [5.41, 5.74) is 6.38. The summed E-state index contributed by atoms with van der Waals surface area (Å²) in [5, 5.41) is 4.20. The van der Waals surface area contributed by atoms with Gasteiger partial charge < -0.3 is 19.5 Å². The van der Waals surface area contributed by atoms with Crippen LogP contribution in [0.15, 0.2) is 59.7 Å². The zero-order valence-corrected chi connectivity index (χ0v) is 22.5. The summed E-state index contributed by atoms with van der Waals surface area (Å²) in [4.78, 5) is 31.5. The minimum atomic E-state index is 0.0126. The van der Waals surface area contributed by atoms with Crippen LogP contribution in [0.5, 0.6) is 0 Å². The van der Waals surface area contributed by atoms with Crippen LogP contribution in [0.25, 0.3) is 16.7 Å². The largest absolute Gasteiger partial charge is 0.384 e. The lowest BCUT2D eigenvalue weighted by atomic mass is 9.93. The maximum absolute atomic E-state index is 13.2. The third-order valence-corrected chi connectivity index (χ3v) is 7.54. The maximum atomic E-state index is 13.2. The van der Waals surface area contributed by atoms with E-state index in [0.29, 0.717) is 24.7 Å². The predicted octanol–water partition coefficient (Wildman–Crippen LogP) is 4.49. The van der Waals surface area contributed by atoms with Gasteiger partial charge in [-0.3, -0.25) is 14.2 Å². The Bertz CT molecular complexity index is 1520. The number of pyridine rings is 2. The number of rotatable bonds is 9. The Balaban J connectivity index is 1.27. The number of nitrogens with zero attached hydrogens (tertiary/aromatic N) is 4. The Morgan fingerprint density at radius 3 is 2.71 bits per heavy atom. The average Bonchev–Trinajstić information content (AvgIpc) is 3.54. The number of hydrogen-bond donors (Lipinski definition) is 1. The number of amides is 1. The van der Waals surface area contributed by atoms with Gasteiger partial charge in [0.25, 0.3) is 11.5 Å². The molecule has 1 aliphatic heterocycles. The number of anilines is 1. The fraction of sp³-hybridized carbons (Fsp3) is 0.367. The van der Waals surface area contributed by atoms with Crippen LogP contribution in [-0.4, -0.2) is 52.2 Å². The molecule has 1 amide bonds. The molecule has 0 fully saturated rings. The molecule has 0 radical (unpaired) electrons. The van der Waals surface area contributed by atoms with Crippen LogP contribution < -0.4 is 10.9 Å². The number of benzene rings is 1. The Morgan fingerprint density at radius 2 is 1.97 bits per heavy atom. The van der Waals surface area contributed by atoms with Gasteiger partial charge in [0.2, 0.25) is 0 Å². The molecule has 5 rings (SSSR count). The molecular weight excluding hydrogens is 478 g/mol. The molecule has 0 saturated heterocycles. The number of aromatic nitrogens is 3. The van der Waals surface area contributed by atoms with Gasteiger partial charge >= 0.3 is 0 Å². The van der Waals surface area contributed by atoms with Crippen molar-refractivity contribution in [2.45, 2.75) is 38.7 Å². The SMILES string of the molecule is CCC(CCOCc1cc2c(-n3ccc4c(c3=O)CCN4)ccnc2n1C)c1ccc(C(=O)N(C)C)cc1. The number of carbonyl (C=O) groups excluding carboxylic acids is 1. The molecule has 1 atom stereocenters. The van der Waals surface area contributed by atoms with Gasteiger partial charge in [0.05, 0.1) is 12.3 Å². The standard InChI is InChI=1S/C30H35N5O3/c1-5-20(21-6-8-22(9-7-21)29(36)33(2)3)13-17-38-19-23-18-25-27(11-15-32-28(25)34(23)4)35-16-12-26-24(30(35)37)10-14-31-26/h6-9,11-12,15-16,18,20,31H,5,10,13-14,17,19H2,1-4H3. The summed E-state index contributed by atoms with van der Waals surface area (Å²) in [6.45, 7) is 4.06. The minimum absolute atomic E-state index is 0.0126. The fourth-order valence-electron chi connectivity index (χ4n) is 5.27. The van der Waals surface area contributed by atoms with Crippen molar-refractivity contribution in [3.8, 4) is 5.69 Å². The molecule has 1 N–H and O–H groups in total. The number of hydrogen-bond acceptors (Lipinski definition) is 5. The van der Waals surface area contributed by atoms with Crippen molar-refractivity contribution < 1.29 is 9.53 Å². The molecule has 4 heterocycles. The summed E-state index contributed by atoms with van der Waals surface area (Å²) in [6.07, 6.45) is 6.23. The van der Waals surface area contributed by atoms with E-state index in [9.17, 15) is 9.59 Å². The molecule has 0 saturated carbocycles. The van der Waals surface area contributed by atoms with Gasteiger partial charge in [-0.2, -0.15) is 0 Å². The Labute approximate surface area is 222 Å². The van der Waals surface area contributed by atoms with E-state index in [1.54, 1.807) is 29.8 Å². The number of ether oxygens (including phenoxy) is 1. The van der Waals surface area contributed by atoms with E-state index in [1.165, 1.54) is 5.56 Å². The predicted molar refractivity (Wildman–Crippen MR) is 150 cm³/mol. The second kappa shape index (κ2) is 10.8. The van der Waals surface area contributed by atoms with Gasteiger partial charge in [0.15, 0.2) is 0 Å². The van der Waals surface area contributed by atoms with Gasteiger partial charge in [-0.15, -0.1) is 0 Å². The van der Waals surface area contributed by atoms with Crippen LogP contribution in [0.4, 0.5) is 5.69 Å². The van der Waals surface area contributed by atoms with Crippen LogP contribution in [0.3, 0.4) is 0 Å². The Hall–Kier alpha value is -3.91. The first-order valence-electron chi connectivity index (χ1n) is 13.2. The van der Waals surface area contributed by atoms with E-state index in [2.05, 4.69) is 35.4 Å². The van der Waals surface area contributed by atoms with Gasteiger partial charge in [0, 0.05) is 74.6 Å². The first kappa shape index (κ1) is 25.7. The quantitative estimate of drug-likeness (QED) is 0.334. The molecule has 8 heteroatoms. The van der Waals surface area contributed by atoms with E-state index in [1.807, 2.05) is 42.1 Å². The summed E-state index contributed by atoms with van der Waals surface area (Å²) in [7, 11) is 5.51. The highest BCUT2D eigenvalue weighted by Gasteiger charge is 2.19. The van der Waals surface area contributed by atoms with Crippen LogP contribution in [-0.2, 0) is 24.8 Å². The topological polar surface area (TPSA) is 81.4 Å². The third-order valence-electron chi connectivity index (χ3n) is 7.54. The van der Waals surface area contributed by atoms with E-state index in [4.69, 9.17) is 4.74 Å². The molecule has 0 bridgehead atoms. The highest BCUT2D eigenvalue weighted by atomic mass is 16.5. The van der Waals surface area contributed by atoms with E-state index >= 15 is 0 Å². The highest BCUT2D eigenvalue weighted by molar-refractivity contribution is 5.93. The lowest BCUT2D eigenvalue weighted by molar-refractivity contribution is 0.0827. The summed E-state index contributed by atoms with van der Waals surface area (Å²) < 4.78 is 9.89. The van der Waals surface area contributed by atoms with Gasteiger partial charge in [-0.1, -0.05) is 19.1 Å². The van der Waals surface area contributed by atoms with Crippen molar-refractivity contribution in [1.82, 2.24) is 19.0 Å². The van der Waals surface area contributed by atoms with E-state index < -0.39 is 0 Å². The third kappa shape index (κ3) is 4.84. The maximum Gasteiger partial charge on any atom is 0.260 e. The smallest absolute Gasteiger partial charge is 0.260 e. The van der Waals surface area contributed by atoms with Crippen LogP contribution in [0.1, 0.15) is 52.9 Å². The molecular formula is C30H35N5O3. The van der Waals surface area contributed by atoms with Crippen molar-refractivity contribution in [3.05, 3.63) is 87.6 Å². The van der Waals surface area contributed by atoms with Crippen molar-refractivity contribution in [3.63, 3.8) is 0 Å². The van der Waals surface area contributed by atoms with E-state index in [0.717, 1.165) is 59.5 Å². The molecule has 8 nitrogen and oxygen atoms in total. The van der Waals surface area contributed by atoms with Crippen LogP contribution in [0, 0.1) is 0 Å². The molecule has 1 aromatic carbocycles. The molecule has 0 spiro atoms. The van der Waals surface area contributed by atoms with Crippen LogP contribution >= 0.6 is 0 Å².